The Kier molecular flexibility index (Phi) is 39.1. The number of Topliss-reactive ketones (excluding diaryl/α,β-unsaturated/α-hetero) is 1. The van der Waals surface area contributed by atoms with Crippen LogP contribution in [0.3, 0.4) is 0 Å². The standard InChI is InChI=1S/C74H133N13O15/c1-26-28-29-48(13)64(90)63(68(94)78-55(27-2)70(96)80(20)52(17)53(18)88)85(25)74(100)62(47(11)12)84(24)72(98)58(40-45(7)8)83(23)71(97)57(39-44(5)6)82(22)69(95)51(16)77-65(91)50(15)76-66(92)56(38-43(3)4)81(21)73(99)60(46(9)10)79-67(93)61(75-19)49(14)41-102-42-59(89)87-34-32-86(33-35-87)54-30-36-101-37-31-54/h26,28,43-52,54-58,60-64,75,90H,27,29-42H2,1-25H3,(H,76,92)(H,77,91)(H,78,94)(H,79,93)/b28-26+/t48-,49-,50+,51-,52-,55+,56+,57+,58+,60+,61+,62+,63+,64-/m1/s1. The summed E-state index contributed by atoms with van der Waals surface area (Å²) in [6, 6.07) is -12.1. The summed E-state index contributed by atoms with van der Waals surface area (Å²) >= 11 is 0. The normalized spacial score (nSPS) is 18.1. The lowest BCUT2D eigenvalue weighted by Crippen LogP contribution is -2.63. The maximum atomic E-state index is 15.2. The smallest absolute Gasteiger partial charge is 0.248 e. The number of piperazine rings is 1. The van der Waals surface area contributed by atoms with Gasteiger partial charge in [-0.2, -0.15) is 0 Å². The maximum absolute atomic E-state index is 15.2. The molecule has 0 saturated carbocycles. The van der Waals surface area contributed by atoms with E-state index in [0.29, 0.717) is 25.6 Å². The highest BCUT2D eigenvalue weighted by atomic mass is 16.5. The van der Waals surface area contributed by atoms with Crippen LogP contribution in [0.5, 0.6) is 0 Å². The molecule has 6 N–H and O–H groups in total. The van der Waals surface area contributed by atoms with Crippen molar-refractivity contribution in [1.82, 2.24) is 65.8 Å². The molecule has 2 saturated heterocycles. The van der Waals surface area contributed by atoms with Crippen LogP contribution in [0.4, 0.5) is 0 Å². The number of likely N-dealkylation sites (N-methyl/N-ethyl adjacent to an activating group) is 7. The summed E-state index contributed by atoms with van der Waals surface area (Å²) in [6.07, 6.45) is 5.03. The van der Waals surface area contributed by atoms with Crippen molar-refractivity contribution >= 4 is 70.8 Å². The van der Waals surface area contributed by atoms with E-state index >= 15 is 14.4 Å². The molecule has 11 amide bonds. The van der Waals surface area contributed by atoms with E-state index in [4.69, 9.17) is 9.47 Å². The van der Waals surface area contributed by atoms with Gasteiger partial charge in [0.2, 0.25) is 65.0 Å². The zero-order valence-electron chi connectivity index (χ0n) is 66.5. The van der Waals surface area contributed by atoms with Crippen molar-refractivity contribution in [1.29, 1.82) is 0 Å². The quantitative estimate of drug-likeness (QED) is 0.0479. The van der Waals surface area contributed by atoms with Crippen molar-refractivity contribution in [3.05, 3.63) is 12.2 Å². The minimum atomic E-state index is -1.56. The molecule has 0 unspecified atom stereocenters. The van der Waals surface area contributed by atoms with Gasteiger partial charge < -0.3 is 75.5 Å². The predicted molar refractivity (Wildman–Crippen MR) is 393 cm³/mol. The lowest BCUT2D eigenvalue weighted by Gasteiger charge is -2.41. The van der Waals surface area contributed by atoms with E-state index in [1.165, 1.54) is 87.6 Å². The van der Waals surface area contributed by atoms with Gasteiger partial charge in [-0.15, -0.1) is 0 Å². The van der Waals surface area contributed by atoms with E-state index in [0.717, 1.165) is 44.0 Å². The minimum absolute atomic E-state index is 0.0826. The first kappa shape index (κ1) is 91.5. The van der Waals surface area contributed by atoms with E-state index in [1.807, 2.05) is 61.5 Å². The summed E-state index contributed by atoms with van der Waals surface area (Å²) < 4.78 is 11.4. The third-order valence-corrected chi connectivity index (χ3v) is 20.1. The topological polar surface area (TPSA) is 330 Å². The number of nitrogens with zero attached hydrogens (tertiary/aromatic N) is 8. The molecule has 0 aromatic heterocycles. The molecule has 2 rings (SSSR count). The molecule has 0 bridgehead atoms. The van der Waals surface area contributed by atoms with Crippen LogP contribution >= 0.6 is 0 Å². The van der Waals surface area contributed by atoms with Crippen molar-refractivity contribution in [3.63, 3.8) is 0 Å². The maximum Gasteiger partial charge on any atom is 0.248 e. The molecule has 28 nitrogen and oxygen atoms in total. The van der Waals surface area contributed by atoms with Gasteiger partial charge in [0.15, 0.2) is 5.78 Å². The first-order valence-corrected chi connectivity index (χ1v) is 37.0. The Labute approximate surface area is 609 Å². The molecule has 2 fully saturated rings. The van der Waals surface area contributed by atoms with Gasteiger partial charge in [0.05, 0.1) is 24.8 Å². The third kappa shape index (κ3) is 26.5. The van der Waals surface area contributed by atoms with Gasteiger partial charge in [0.25, 0.3) is 0 Å². The molecule has 2 heterocycles. The number of aliphatic hydroxyl groups excluding tert-OH is 1. The first-order chi connectivity index (χ1) is 47.5. The highest BCUT2D eigenvalue weighted by Crippen LogP contribution is 2.26. The van der Waals surface area contributed by atoms with E-state index in [2.05, 4.69) is 31.5 Å². The van der Waals surface area contributed by atoms with Gasteiger partial charge in [0.1, 0.15) is 61.0 Å². The SMILES string of the molecule is C/C=C/C[C@@H](C)[C@@H](O)[C@@H](C(=O)N[C@@H](CC)C(=O)N(C)[C@H](C)C(C)=O)N(C)C(=O)[C@H](C(C)C)N(C)C(=O)[C@H](CC(C)C)N(C)C(=O)[C@H](CC(C)C)N(C)C(=O)[C@@H](C)NC(=O)[C@H](C)NC(=O)[C@H](CC(C)C)N(C)C(=O)[C@@H](NC(=O)[C@@H](NC)[C@H](C)COCC(=O)N1CCN(C2CCOCC2)CC1)C(C)C. The molecule has 102 heavy (non-hydrogen) atoms. The molecule has 0 radical (unpaired) electrons. The number of carbonyl (C=O) groups excluding carboxylic acids is 12. The van der Waals surface area contributed by atoms with Crippen LogP contribution in [0.15, 0.2) is 12.2 Å². The third-order valence-electron chi connectivity index (χ3n) is 20.1. The second-order valence-corrected chi connectivity index (χ2v) is 30.5. The second-order valence-electron chi connectivity index (χ2n) is 30.5. The second kappa shape index (κ2) is 43.6. The Morgan fingerprint density at radius 1 is 0.529 bits per heavy atom. The van der Waals surface area contributed by atoms with Crippen LogP contribution in [0, 0.1) is 41.4 Å². The Hall–Kier alpha value is -6.62. The molecule has 584 valence electrons. The monoisotopic (exact) mass is 1440 g/mol. The number of aliphatic hydroxyl groups is 1. The summed E-state index contributed by atoms with van der Waals surface area (Å²) in [4.78, 5) is 182. The van der Waals surface area contributed by atoms with Crippen LogP contribution in [0.25, 0.3) is 0 Å². The zero-order valence-corrected chi connectivity index (χ0v) is 66.5. The van der Waals surface area contributed by atoms with Crippen LogP contribution in [-0.2, 0) is 67.0 Å². The molecule has 2 aliphatic rings. The molecule has 0 spiro atoms. The number of nitrogens with one attached hydrogen (secondary N) is 5. The van der Waals surface area contributed by atoms with Crippen molar-refractivity contribution in [2.75, 3.05) is 102 Å². The molecule has 0 aromatic rings. The Morgan fingerprint density at radius 2 is 1.02 bits per heavy atom. The van der Waals surface area contributed by atoms with E-state index in [-0.39, 0.29) is 68.3 Å². The molecule has 0 aliphatic carbocycles. The average Bonchev–Trinajstić information content (AvgIpc) is 0.800. The number of allylic oxidation sites excluding steroid dienone is 2. The largest absolute Gasteiger partial charge is 0.390 e. The van der Waals surface area contributed by atoms with Crippen molar-refractivity contribution in [2.45, 2.75) is 248 Å². The zero-order chi connectivity index (χ0) is 78.1. The number of rotatable bonds is 41. The van der Waals surface area contributed by atoms with Crippen LogP contribution in [0.2, 0.25) is 0 Å². The van der Waals surface area contributed by atoms with Crippen LogP contribution in [0.1, 0.15) is 170 Å². The van der Waals surface area contributed by atoms with Crippen molar-refractivity contribution in [2.24, 2.45) is 41.4 Å². The Balaban J connectivity index is 2.33. The number of ether oxygens (including phenoxy) is 2. The van der Waals surface area contributed by atoms with Gasteiger partial charge in [0, 0.05) is 93.6 Å². The molecule has 14 atom stereocenters. The lowest BCUT2D eigenvalue weighted by atomic mass is 9.91. The summed E-state index contributed by atoms with van der Waals surface area (Å²) in [6.45, 7) is 35.3. The summed E-state index contributed by atoms with van der Waals surface area (Å²) in [5.41, 5.74) is 0. The van der Waals surface area contributed by atoms with Gasteiger partial charge in [-0.3, -0.25) is 62.4 Å². The average molecular weight is 1440 g/mol. The first-order valence-electron chi connectivity index (χ1n) is 37.0. The highest BCUT2D eigenvalue weighted by molar-refractivity contribution is 5.99. The molecular weight excluding hydrogens is 1310 g/mol. The van der Waals surface area contributed by atoms with Crippen LogP contribution in [-0.4, -0.2) is 296 Å². The Bertz CT molecular complexity index is 2790. The fourth-order valence-corrected chi connectivity index (χ4v) is 13.2. The van der Waals surface area contributed by atoms with Crippen molar-refractivity contribution in [3.8, 4) is 0 Å². The number of hydrogen-bond donors (Lipinski definition) is 6. The van der Waals surface area contributed by atoms with Gasteiger partial charge in [-0.1, -0.05) is 102 Å². The number of hydrogen-bond acceptors (Lipinski definition) is 17. The van der Waals surface area contributed by atoms with E-state index in [1.54, 1.807) is 66.5 Å². The highest BCUT2D eigenvalue weighted by Gasteiger charge is 2.46. The van der Waals surface area contributed by atoms with Crippen molar-refractivity contribution < 1.29 is 72.1 Å². The number of amides is 11. The molecule has 2 aliphatic heterocycles. The van der Waals surface area contributed by atoms with E-state index < -0.39 is 155 Å². The minimum Gasteiger partial charge on any atom is -0.390 e. The molecular formula is C74H133N13O15. The predicted octanol–water partition coefficient (Wildman–Crippen LogP) is 2.92. The van der Waals surface area contributed by atoms with Gasteiger partial charge in [-0.05, 0) is 122 Å². The number of carbonyl (C=O) groups is 12. The molecule has 28 heteroatoms. The van der Waals surface area contributed by atoms with Crippen LogP contribution < -0.4 is 26.6 Å². The fourth-order valence-electron chi connectivity index (χ4n) is 13.2. The Morgan fingerprint density at radius 3 is 1.50 bits per heavy atom. The van der Waals surface area contributed by atoms with Gasteiger partial charge in [-0.25, -0.2) is 0 Å². The summed E-state index contributed by atoms with van der Waals surface area (Å²) in [5.74, 6) is -9.21. The summed E-state index contributed by atoms with van der Waals surface area (Å²) in [7, 11) is 10.2. The lowest BCUT2D eigenvalue weighted by molar-refractivity contribution is -0.157. The summed E-state index contributed by atoms with van der Waals surface area (Å²) in [5, 5.41) is 26.0. The van der Waals surface area contributed by atoms with E-state index in [9.17, 15) is 48.3 Å². The van der Waals surface area contributed by atoms with Gasteiger partial charge >= 0.3 is 0 Å². The molecule has 0 aromatic carbocycles. The number of ketones is 1. The fraction of sp³-hybridized carbons (Fsp3) is 0.811.